The number of carbonyl (C=O) groups is 2. The van der Waals surface area contributed by atoms with Crippen LogP contribution in [0.3, 0.4) is 0 Å². The number of nitrogens with zero attached hydrogens (tertiary/aromatic N) is 2. The molecule has 1 aromatic heterocycles. The predicted molar refractivity (Wildman–Crippen MR) is 107 cm³/mol. The molecule has 0 saturated heterocycles. The van der Waals surface area contributed by atoms with Gasteiger partial charge in [0.25, 0.3) is 5.91 Å². The van der Waals surface area contributed by atoms with Crippen LogP contribution in [0.15, 0.2) is 54.6 Å². The van der Waals surface area contributed by atoms with Crippen LogP contribution in [0.5, 0.6) is 0 Å². The molecule has 1 heterocycles. The van der Waals surface area contributed by atoms with E-state index in [-0.39, 0.29) is 6.42 Å². The number of nitro groups is 1. The summed E-state index contributed by atoms with van der Waals surface area (Å²) in [6, 6.07) is 15.0. The lowest BCUT2D eigenvalue weighted by Gasteiger charge is -2.12. The Bertz CT molecular complexity index is 1150. The van der Waals surface area contributed by atoms with E-state index in [0.717, 1.165) is 0 Å². The molecule has 0 bridgehead atoms. The van der Waals surface area contributed by atoms with E-state index in [9.17, 15) is 19.7 Å². The topological polar surface area (TPSA) is 114 Å². The first kappa shape index (κ1) is 18.8. The first-order valence-electron chi connectivity index (χ1n) is 8.84. The molecule has 8 nitrogen and oxygen atoms in total. The molecule has 1 aliphatic carbocycles. The highest BCUT2D eigenvalue weighted by molar-refractivity contribution is 6.33. The molecule has 2 amide bonds. The summed E-state index contributed by atoms with van der Waals surface area (Å²) >= 11 is 6.27. The second-order valence-electron chi connectivity index (χ2n) is 6.69. The van der Waals surface area contributed by atoms with E-state index in [4.69, 9.17) is 11.6 Å². The lowest BCUT2D eigenvalue weighted by atomic mass is 10.0. The summed E-state index contributed by atoms with van der Waals surface area (Å²) in [6.07, 6.45) is 0.170. The van der Waals surface area contributed by atoms with Crippen molar-refractivity contribution in [2.75, 3.05) is 0 Å². The Kier molecular flexibility index (Phi) is 4.85. The van der Waals surface area contributed by atoms with Gasteiger partial charge in [-0.1, -0.05) is 48.0 Å². The van der Waals surface area contributed by atoms with Gasteiger partial charge in [-0.3, -0.25) is 30.6 Å². The molecule has 2 aromatic carbocycles. The minimum absolute atomic E-state index is 0.170. The number of aromatic nitrogens is 1. The number of hydrogen-bond acceptors (Lipinski definition) is 5. The number of rotatable bonds is 4. The SMILES string of the molecule is O=C(NNC(=O)C1CC1[N+](=O)[O-])c1cc(-c2ccccc2Cl)nc2ccccc12. The maximum atomic E-state index is 12.8. The lowest BCUT2D eigenvalue weighted by Crippen LogP contribution is -2.43. The van der Waals surface area contributed by atoms with Gasteiger partial charge in [-0.25, -0.2) is 4.98 Å². The molecule has 3 aromatic rings. The van der Waals surface area contributed by atoms with Gasteiger partial charge in [-0.15, -0.1) is 0 Å². The molecule has 9 heteroatoms. The van der Waals surface area contributed by atoms with Crippen LogP contribution in [0, 0.1) is 16.0 Å². The Labute approximate surface area is 170 Å². The van der Waals surface area contributed by atoms with Crippen LogP contribution in [0.2, 0.25) is 5.02 Å². The normalized spacial score (nSPS) is 17.6. The van der Waals surface area contributed by atoms with Crippen LogP contribution in [0.4, 0.5) is 0 Å². The van der Waals surface area contributed by atoms with Gasteiger partial charge in [0.15, 0.2) is 0 Å². The standard InChI is InChI=1S/C20H15ClN4O4/c21-15-7-3-1-6-12(15)17-9-13(11-5-2-4-8-16(11)22-17)19(26)23-24-20(27)14-10-18(14)25(28)29/h1-9,14,18H,10H2,(H,23,26)(H,24,27). The fourth-order valence-electron chi connectivity index (χ4n) is 3.14. The van der Waals surface area contributed by atoms with E-state index in [1.807, 2.05) is 6.07 Å². The maximum absolute atomic E-state index is 12.8. The van der Waals surface area contributed by atoms with Crippen molar-refractivity contribution in [2.45, 2.75) is 12.5 Å². The van der Waals surface area contributed by atoms with Gasteiger partial charge >= 0.3 is 0 Å². The molecular weight excluding hydrogens is 396 g/mol. The number of pyridine rings is 1. The van der Waals surface area contributed by atoms with Crippen molar-refractivity contribution in [3.05, 3.63) is 75.3 Å². The van der Waals surface area contributed by atoms with E-state index < -0.39 is 28.7 Å². The largest absolute Gasteiger partial charge is 0.273 e. The maximum Gasteiger partial charge on any atom is 0.270 e. The summed E-state index contributed by atoms with van der Waals surface area (Å²) in [5.41, 5.74) is 6.70. The fourth-order valence-corrected chi connectivity index (χ4v) is 3.38. The van der Waals surface area contributed by atoms with E-state index >= 15 is 0 Å². The molecular formula is C20H15ClN4O4. The Balaban J connectivity index is 1.62. The number of nitrogens with one attached hydrogen (secondary N) is 2. The van der Waals surface area contributed by atoms with Crippen LogP contribution in [0.25, 0.3) is 22.2 Å². The van der Waals surface area contributed by atoms with Crippen molar-refractivity contribution < 1.29 is 14.5 Å². The first-order valence-corrected chi connectivity index (χ1v) is 9.22. The molecule has 2 N–H and O–H groups in total. The van der Waals surface area contributed by atoms with Crippen LogP contribution in [-0.2, 0) is 4.79 Å². The van der Waals surface area contributed by atoms with E-state index in [0.29, 0.717) is 32.7 Å². The number of hydrazine groups is 1. The fraction of sp³-hybridized carbons (Fsp3) is 0.150. The summed E-state index contributed by atoms with van der Waals surface area (Å²) < 4.78 is 0. The summed E-state index contributed by atoms with van der Waals surface area (Å²) in [6.45, 7) is 0. The molecule has 4 rings (SSSR count). The molecule has 0 radical (unpaired) electrons. The third-order valence-electron chi connectivity index (χ3n) is 4.77. The van der Waals surface area contributed by atoms with Crippen molar-refractivity contribution in [1.82, 2.24) is 15.8 Å². The zero-order chi connectivity index (χ0) is 20.5. The van der Waals surface area contributed by atoms with Crippen LogP contribution in [-0.4, -0.2) is 27.8 Å². The summed E-state index contributed by atoms with van der Waals surface area (Å²) in [4.78, 5) is 39.6. The number of hydrogen-bond donors (Lipinski definition) is 2. The zero-order valence-electron chi connectivity index (χ0n) is 15.0. The Hall–Kier alpha value is -3.52. The molecule has 1 saturated carbocycles. The second kappa shape index (κ2) is 7.48. The summed E-state index contributed by atoms with van der Waals surface area (Å²) in [7, 11) is 0. The number of halogens is 1. The van der Waals surface area contributed by atoms with Crippen molar-refractivity contribution in [1.29, 1.82) is 0 Å². The van der Waals surface area contributed by atoms with E-state index in [1.54, 1.807) is 48.5 Å². The molecule has 146 valence electrons. The summed E-state index contributed by atoms with van der Waals surface area (Å²) in [5.74, 6) is -1.86. The highest BCUT2D eigenvalue weighted by Gasteiger charge is 2.53. The number of benzene rings is 2. The molecule has 1 aliphatic rings. The molecule has 0 spiro atoms. The first-order chi connectivity index (χ1) is 14.0. The van der Waals surface area contributed by atoms with Gasteiger partial charge in [0.1, 0.15) is 5.92 Å². The Morgan fingerprint density at radius 2 is 1.83 bits per heavy atom. The van der Waals surface area contributed by atoms with Gasteiger partial charge < -0.3 is 0 Å². The van der Waals surface area contributed by atoms with Gasteiger partial charge in [0.2, 0.25) is 11.9 Å². The van der Waals surface area contributed by atoms with E-state index in [2.05, 4.69) is 15.8 Å². The molecule has 0 aliphatic heterocycles. The minimum Gasteiger partial charge on any atom is -0.273 e. The van der Waals surface area contributed by atoms with Crippen molar-refractivity contribution >= 4 is 34.3 Å². The third-order valence-corrected chi connectivity index (χ3v) is 5.10. The molecule has 2 atom stereocenters. The monoisotopic (exact) mass is 410 g/mol. The molecule has 29 heavy (non-hydrogen) atoms. The lowest BCUT2D eigenvalue weighted by molar-refractivity contribution is -0.497. The smallest absolute Gasteiger partial charge is 0.270 e. The predicted octanol–water partition coefficient (Wildman–Crippen LogP) is 2.98. The zero-order valence-corrected chi connectivity index (χ0v) is 15.7. The summed E-state index contributed by atoms with van der Waals surface area (Å²) in [5, 5.41) is 11.8. The Morgan fingerprint density at radius 3 is 2.55 bits per heavy atom. The van der Waals surface area contributed by atoms with E-state index in [1.165, 1.54) is 0 Å². The number of fused-ring (bicyclic) bond motifs is 1. The van der Waals surface area contributed by atoms with Crippen molar-refractivity contribution in [3.8, 4) is 11.3 Å². The van der Waals surface area contributed by atoms with Gasteiger partial charge in [0, 0.05) is 27.3 Å². The van der Waals surface area contributed by atoms with Gasteiger partial charge in [-0.05, 0) is 18.2 Å². The third kappa shape index (κ3) is 3.74. The number of carbonyl (C=O) groups excluding carboxylic acids is 2. The van der Waals surface area contributed by atoms with Crippen LogP contribution in [0.1, 0.15) is 16.8 Å². The van der Waals surface area contributed by atoms with Gasteiger partial charge in [-0.2, -0.15) is 0 Å². The van der Waals surface area contributed by atoms with Crippen LogP contribution >= 0.6 is 11.6 Å². The average Bonchev–Trinajstić information content (AvgIpc) is 3.52. The highest BCUT2D eigenvalue weighted by Crippen LogP contribution is 2.33. The second-order valence-corrected chi connectivity index (χ2v) is 7.10. The molecule has 1 fully saturated rings. The van der Waals surface area contributed by atoms with Gasteiger partial charge in [0.05, 0.1) is 16.8 Å². The average molecular weight is 411 g/mol. The highest BCUT2D eigenvalue weighted by atomic mass is 35.5. The van der Waals surface area contributed by atoms with Crippen molar-refractivity contribution in [2.24, 2.45) is 5.92 Å². The Morgan fingerprint density at radius 1 is 1.10 bits per heavy atom. The van der Waals surface area contributed by atoms with Crippen molar-refractivity contribution in [3.63, 3.8) is 0 Å². The number of para-hydroxylation sites is 1. The quantitative estimate of drug-likeness (QED) is 0.507. The molecule has 2 unspecified atom stereocenters. The minimum atomic E-state index is -0.888. The van der Waals surface area contributed by atoms with Crippen LogP contribution < -0.4 is 10.9 Å². The number of amides is 2.